The fourth-order valence-electron chi connectivity index (χ4n) is 3.82. The number of ketones is 1. The van der Waals surface area contributed by atoms with Crippen LogP contribution in [0.25, 0.3) is 0 Å². The Morgan fingerprint density at radius 2 is 1.96 bits per heavy atom. The van der Waals surface area contributed by atoms with Crippen molar-refractivity contribution < 1.29 is 9.32 Å². The monoisotopic (exact) mass is 322 g/mol. The summed E-state index contributed by atoms with van der Waals surface area (Å²) in [4.78, 5) is 12.7. The number of hydrogen-bond donors (Lipinski definition) is 1. The van der Waals surface area contributed by atoms with E-state index in [0.29, 0.717) is 18.2 Å². The maximum atomic E-state index is 12.7. The lowest BCUT2D eigenvalue weighted by atomic mass is 9.76. The molecule has 1 aliphatic carbocycles. The molecule has 0 spiro atoms. The molecule has 2 aliphatic rings. The highest BCUT2D eigenvalue weighted by Crippen LogP contribution is 2.46. The van der Waals surface area contributed by atoms with E-state index in [0.717, 1.165) is 40.9 Å². The van der Waals surface area contributed by atoms with Crippen LogP contribution in [0.15, 0.2) is 40.1 Å². The summed E-state index contributed by atoms with van der Waals surface area (Å²) >= 11 is 0. The molecule has 1 aromatic carbocycles. The molecule has 0 saturated carbocycles. The molecule has 2 heterocycles. The Labute approximate surface area is 141 Å². The maximum Gasteiger partial charge on any atom is 0.233 e. The van der Waals surface area contributed by atoms with Crippen molar-refractivity contribution in [2.45, 2.75) is 51.9 Å². The third-order valence-corrected chi connectivity index (χ3v) is 5.14. The number of aryl methyl sites for hydroxylation is 1. The lowest BCUT2D eigenvalue weighted by Gasteiger charge is -2.31. The summed E-state index contributed by atoms with van der Waals surface area (Å²) in [5, 5.41) is 7.44. The molecule has 0 bridgehead atoms. The number of hydrogen-bond acceptors (Lipinski definition) is 4. The second-order valence-corrected chi connectivity index (χ2v) is 7.06. The van der Waals surface area contributed by atoms with Crippen molar-refractivity contribution in [2.24, 2.45) is 0 Å². The van der Waals surface area contributed by atoms with E-state index in [2.05, 4.69) is 48.6 Å². The topological polar surface area (TPSA) is 55.1 Å². The lowest BCUT2D eigenvalue weighted by Crippen LogP contribution is -2.26. The molecule has 1 aliphatic heterocycles. The number of allylic oxidation sites excluding steroid dienone is 2. The first-order valence-electron chi connectivity index (χ1n) is 8.65. The smallest absolute Gasteiger partial charge is 0.233 e. The summed E-state index contributed by atoms with van der Waals surface area (Å²) in [6.45, 7) is 6.32. The number of nitrogens with zero attached hydrogens (tertiary/aromatic N) is 1. The number of anilines is 1. The highest BCUT2D eigenvalue weighted by atomic mass is 16.5. The SMILES string of the molecule is Cc1noc2c1[C@H](c1ccc(C(C)C)cc1)C1=C(CCCC1=O)N2. The summed E-state index contributed by atoms with van der Waals surface area (Å²) < 4.78 is 5.48. The second-order valence-electron chi connectivity index (χ2n) is 7.06. The average Bonchev–Trinajstić information content (AvgIpc) is 2.94. The number of nitrogens with one attached hydrogen (secondary N) is 1. The number of benzene rings is 1. The van der Waals surface area contributed by atoms with Crippen LogP contribution in [-0.4, -0.2) is 10.9 Å². The van der Waals surface area contributed by atoms with Crippen molar-refractivity contribution >= 4 is 11.7 Å². The normalized spacial score (nSPS) is 20.0. The number of Topliss-reactive ketones (excluding diaryl/α,β-unsaturated/α-hetero) is 1. The van der Waals surface area contributed by atoms with Crippen LogP contribution < -0.4 is 5.32 Å². The predicted molar refractivity (Wildman–Crippen MR) is 93.1 cm³/mol. The van der Waals surface area contributed by atoms with Gasteiger partial charge in [0.25, 0.3) is 0 Å². The van der Waals surface area contributed by atoms with Crippen LogP contribution >= 0.6 is 0 Å². The number of rotatable bonds is 2. The van der Waals surface area contributed by atoms with E-state index in [1.165, 1.54) is 5.56 Å². The molecule has 1 N–H and O–H groups in total. The van der Waals surface area contributed by atoms with E-state index in [1.807, 2.05) is 6.92 Å². The molecule has 4 heteroatoms. The van der Waals surface area contributed by atoms with Crippen molar-refractivity contribution in [3.8, 4) is 0 Å². The van der Waals surface area contributed by atoms with Gasteiger partial charge in [0.05, 0.1) is 11.3 Å². The van der Waals surface area contributed by atoms with Gasteiger partial charge < -0.3 is 9.84 Å². The standard InChI is InChI=1S/C20H22N2O2/c1-11(2)13-7-9-14(10-8-13)18-17-12(3)22-24-20(17)21-15-5-4-6-16(23)19(15)18/h7-11,18,21H,4-6H2,1-3H3/t18-/m0/s1. The zero-order valence-corrected chi connectivity index (χ0v) is 14.3. The maximum absolute atomic E-state index is 12.7. The molecular formula is C20H22N2O2. The summed E-state index contributed by atoms with van der Waals surface area (Å²) in [7, 11) is 0. The quantitative estimate of drug-likeness (QED) is 0.873. The fraction of sp³-hybridized carbons (Fsp3) is 0.400. The Morgan fingerprint density at radius 3 is 2.67 bits per heavy atom. The number of aromatic nitrogens is 1. The summed E-state index contributed by atoms with van der Waals surface area (Å²) in [6, 6.07) is 8.62. The van der Waals surface area contributed by atoms with Gasteiger partial charge in [0, 0.05) is 23.6 Å². The molecule has 0 fully saturated rings. The number of fused-ring (bicyclic) bond motifs is 1. The molecule has 4 nitrogen and oxygen atoms in total. The van der Waals surface area contributed by atoms with Gasteiger partial charge in [-0.05, 0) is 36.8 Å². The third kappa shape index (κ3) is 2.29. The molecule has 1 atom stereocenters. The summed E-state index contributed by atoms with van der Waals surface area (Å²) in [5.41, 5.74) is 6.20. The van der Waals surface area contributed by atoms with E-state index in [4.69, 9.17) is 4.52 Å². The van der Waals surface area contributed by atoms with Crippen LogP contribution in [-0.2, 0) is 4.79 Å². The van der Waals surface area contributed by atoms with Crippen LogP contribution in [0.4, 0.5) is 5.88 Å². The van der Waals surface area contributed by atoms with Gasteiger partial charge in [-0.2, -0.15) is 0 Å². The Bertz CT molecular complexity index is 828. The Hall–Kier alpha value is -2.36. The molecular weight excluding hydrogens is 300 g/mol. The highest BCUT2D eigenvalue weighted by molar-refractivity contribution is 6.00. The van der Waals surface area contributed by atoms with E-state index in [9.17, 15) is 4.79 Å². The van der Waals surface area contributed by atoms with Gasteiger partial charge >= 0.3 is 0 Å². The van der Waals surface area contributed by atoms with Crippen LogP contribution in [0.1, 0.15) is 67.3 Å². The van der Waals surface area contributed by atoms with E-state index >= 15 is 0 Å². The van der Waals surface area contributed by atoms with E-state index in [1.54, 1.807) is 0 Å². The highest BCUT2D eigenvalue weighted by Gasteiger charge is 2.38. The molecule has 0 radical (unpaired) electrons. The average molecular weight is 322 g/mol. The molecule has 24 heavy (non-hydrogen) atoms. The Kier molecular flexibility index (Phi) is 3.56. The molecule has 4 rings (SSSR count). The molecule has 0 saturated heterocycles. The van der Waals surface area contributed by atoms with Gasteiger partial charge in [-0.1, -0.05) is 43.3 Å². The lowest BCUT2D eigenvalue weighted by molar-refractivity contribution is -0.116. The largest absolute Gasteiger partial charge is 0.338 e. The van der Waals surface area contributed by atoms with Gasteiger partial charge in [-0.3, -0.25) is 4.79 Å². The van der Waals surface area contributed by atoms with E-state index < -0.39 is 0 Å². The van der Waals surface area contributed by atoms with Gasteiger partial charge in [0.1, 0.15) is 0 Å². The second kappa shape index (κ2) is 5.62. The molecule has 0 amide bonds. The van der Waals surface area contributed by atoms with Crippen molar-refractivity contribution in [2.75, 3.05) is 5.32 Å². The van der Waals surface area contributed by atoms with Crippen LogP contribution in [0, 0.1) is 6.92 Å². The van der Waals surface area contributed by atoms with Crippen molar-refractivity contribution in [3.63, 3.8) is 0 Å². The zero-order valence-electron chi connectivity index (χ0n) is 14.3. The number of carbonyl (C=O) groups excluding carboxylic acids is 1. The zero-order chi connectivity index (χ0) is 16.8. The fourth-order valence-corrected chi connectivity index (χ4v) is 3.82. The van der Waals surface area contributed by atoms with Crippen molar-refractivity contribution in [1.82, 2.24) is 5.16 Å². The third-order valence-electron chi connectivity index (χ3n) is 5.14. The minimum atomic E-state index is -0.0727. The van der Waals surface area contributed by atoms with Gasteiger partial charge in [0.2, 0.25) is 5.88 Å². The first kappa shape index (κ1) is 15.2. The number of carbonyl (C=O) groups is 1. The summed E-state index contributed by atoms with van der Waals surface area (Å²) in [5.74, 6) is 1.36. The molecule has 0 unspecified atom stereocenters. The first-order valence-corrected chi connectivity index (χ1v) is 8.65. The van der Waals surface area contributed by atoms with Crippen LogP contribution in [0.3, 0.4) is 0 Å². The Balaban J connectivity index is 1.87. The van der Waals surface area contributed by atoms with E-state index in [-0.39, 0.29) is 11.7 Å². The van der Waals surface area contributed by atoms with Crippen molar-refractivity contribution in [3.05, 3.63) is 57.9 Å². The van der Waals surface area contributed by atoms with Crippen LogP contribution in [0.2, 0.25) is 0 Å². The van der Waals surface area contributed by atoms with Crippen LogP contribution in [0.5, 0.6) is 0 Å². The first-order chi connectivity index (χ1) is 11.6. The minimum Gasteiger partial charge on any atom is -0.338 e. The summed E-state index contributed by atoms with van der Waals surface area (Å²) in [6.07, 6.45) is 2.41. The van der Waals surface area contributed by atoms with Gasteiger partial charge in [0.15, 0.2) is 5.78 Å². The molecule has 124 valence electrons. The molecule has 2 aromatic rings. The van der Waals surface area contributed by atoms with Gasteiger partial charge in [-0.15, -0.1) is 0 Å². The predicted octanol–water partition coefficient (Wildman–Crippen LogP) is 4.67. The van der Waals surface area contributed by atoms with Gasteiger partial charge in [-0.25, -0.2) is 0 Å². The van der Waals surface area contributed by atoms with Crippen molar-refractivity contribution in [1.29, 1.82) is 0 Å². The minimum absolute atomic E-state index is 0.0727. The Morgan fingerprint density at radius 1 is 1.21 bits per heavy atom. The molecule has 1 aromatic heterocycles.